The molecule has 0 bridgehead atoms. The first kappa shape index (κ1) is 19.0. The van der Waals surface area contributed by atoms with E-state index in [1.54, 1.807) is 6.92 Å². The zero-order chi connectivity index (χ0) is 15.1. The van der Waals surface area contributed by atoms with Gasteiger partial charge in [0.25, 0.3) is 0 Å². The largest absolute Gasteiger partial charge is 0.456 e. The lowest BCUT2D eigenvalue weighted by Gasteiger charge is -2.03. The number of hydrogen-bond donors (Lipinski definition) is 1. The van der Waals surface area contributed by atoms with Crippen molar-refractivity contribution in [3.8, 4) is 11.8 Å². The Morgan fingerprint density at radius 3 is 2.10 bits per heavy atom. The number of aliphatic hydroxyl groups excluding tert-OH is 1. The van der Waals surface area contributed by atoms with Crippen LogP contribution in [0.3, 0.4) is 0 Å². The predicted octanol–water partition coefficient (Wildman–Crippen LogP) is 3.83. The third-order valence-electron chi connectivity index (χ3n) is 3.20. The summed E-state index contributed by atoms with van der Waals surface area (Å²) in [6.07, 6.45) is 11.2. The van der Waals surface area contributed by atoms with Crippen molar-refractivity contribution in [2.75, 3.05) is 6.61 Å². The van der Waals surface area contributed by atoms with Crippen LogP contribution in [0.5, 0.6) is 0 Å². The van der Waals surface area contributed by atoms with Gasteiger partial charge in [-0.15, -0.1) is 0 Å². The molecule has 1 unspecified atom stereocenters. The van der Waals surface area contributed by atoms with Gasteiger partial charge in [-0.05, 0) is 19.8 Å². The highest BCUT2D eigenvalue weighted by molar-refractivity contribution is 5.88. The molecule has 0 radical (unpaired) electrons. The van der Waals surface area contributed by atoms with Gasteiger partial charge in [-0.2, -0.15) is 0 Å². The fourth-order valence-corrected chi connectivity index (χ4v) is 2.03. The van der Waals surface area contributed by atoms with E-state index in [0.717, 1.165) is 12.8 Å². The van der Waals surface area contributed by atoms with Crippen LogP contribution < -0.4 is 0 Å². The van der Waals surface area contributed by atoms with Crippen molar-refractivity contribution in [3.05, 3.63) is 0 Å². The number of aliphatic hydroxyl groups is 1. The Hall–Kier alpha value is -1.01. The van der Waals surface area contributed by atoms with Crippen molar-refractivity contribution in [3.63, 3.8) is 0 Å². The summed E-state index contributed by atoms with van der Waals surface area (Å²) in [6.45, 7) is 4.29. The number of carbonyl (C=O) groups excluding carboxylic acids is 1. The predicted molar refractivity (Wildman–Crippen MR) is 82.3 cm³/mol. The summed E-state index contributed by atoms with van der Waals surface area (Å²) >= 11 is 0. The summed E-state index contributed by atoms with van der Waals surface area (Å²) in [5.41, 5.74) is 0. The second-order valence-corrected chi connectivity index (χ2v) is 5.12. The van der Waals surface area contributed by atoms with Crippen LogP contribution in [0.1, 0.15) is 78.1 Å². The number of esters is 1. The van der Waals surface area contributed by atoms with Crippen LogP contribution in [0.2, 0.25) is 0 Å². The molecule has 0 spiro atoms. The highest BCUT2D eigenvalue weighted by atomic mass is 16.5. The van der Waals surface area contributed by atoms with Gasteiger partial charge in [-0.3, -0.25) is 0 Å². The Morgan fingerprint density at radius 2 is 1.55 bits per heavy atom. The molecule has 20 heavy (non-hydrogen) atoms. The molecule has 1 N–H and O–H groups in total. The Labute approximate surface area is 124 Å². The van der Waals surface area contributed by atoms with Gasteiger partial charge in [-0.25, -0.2) is 4.79 Å². The molecule has 0 saturated carbocycles. The first-order chi connectivity index (χ1) is 9.70. The third-order valence-corrected chi connectivity index (χ3v) is 3.20. The van der Waals surface area contributed by atoms with E-state index in [-0.39, 0.29) is 0 Å². The van der Waals surface area contributed by atoms with Crippen LogP contribution in [0.15, 0.2) is 0 Å². The molecular weight excluding hydrogens is 252 g/mol. The van der Waals surface area contributed by atoms with Crippen molar-refractivity contribution in [2.45, 2.75) is 84.2 Å². The summed E-state index contributed by atoms with van der Waals surface area (Å²) < 4.78 is 4.67. The van der Waals surface area contributed by atoms with E-state index in [0.29, 0.717) is 13.0 Å². The molecule has 0 aliphatic carbocycles. The number of ether oxygens (including phenoxy) is 1. The maximum Gasteiger partial charge on any atom is 0.384 e. The highest BCUT2D eigenvalue weighted by Gasteiger charge is 2.00. The number of rotatable bonds is 11. The van der Waals surface area contributed by atoms with E-state index in [4.69, 9.17) is 0 Å². The molecule has 0 fully saturated rings. The van der Waals surface area contributed by atoms with Crippen LogP contribution in [-0.2, 0) is 9.53 Å². The van der Waals surface area contributed by atoms with Gasteiger partial charge in [0.2, 0.25) is 0 Å². The summed E-state index contributed by atoms with van der Waals surface area (Å²) in [6, 6.07) is 0. The maximum absolute atomic E-state index is 11.0. The molecule has 3 nitrogen and oxygen atoms in total. The Morgan fingerprint density at radius 1 is 1.00 bits per heavy atom. The van der Waals surface area contributed by atoms with Gasteiger partial charge < -0.3 is 9.84 Å². The Kier molecular flexibility index (Phi) is 13.7. The van der Waals surface area contributed by atoms with Crippen LogP contribution in [-0.4, -0.2) is 23.8 Å². The van der Waals surface area contributed by atoms with Gasteiger partial charge in [0.1, 0.15) is 6.10 Å². The van der Waals surface area contributed by atoms with Crippen molar-refractivity contribution in [2.24, 2.45) is 0 Å². The smallest absolute Gasteiger partial charge is 0.384 e. The van der Waals surface area contributed by atoms with E-state index in [1.165, 1.54) is 44.9 Å². The minimum absolute atomic E-state index is 0.321. The van der Waals surface area contributed by atoms with Gasteiger partial charge in [0, 0.05) is 5.92 Å². The molecule has 0 aromatic heterocycles. The van der Waals surface area contributed by atoms with E-state index in [2.05, 4.69) is 23.5 Å². The molecule has 3 heteroatoms. The molecule has 0 aliphatic rings. The van der Waals surface area contributed by atoms with Gasteiger partial charge in [0.05, 0.1) is 6.61 Å². The first-order valence-electron chi connectivity index (χ1n) is 8.07. The lowest BCUT2D eigenvalue weighted by molar-refractivity contribution is -0.136. The average molecular weight is 282 g/mol. The van der Waals surface area contributed by atoms with Crippen molar-refractivity contribution in [1.82, 2.24) is 0 Å². The molecule has 0 rings (SSSR count). The molecule has 0 aliphatic heterocycles. The maximum atomic E-state index is 11.0. The van der Waals surface area contributed by atoms with E-state index in [9.17, 15) is 9.90 Å². The van der Waals surface area contributed by atoms with Crippen LogP contribution in [0.4, 0.5) is 0 Å². The summed E-state index contributed by atoms with van der Waals surface area (Å²) in [5, 5.41) is 9.58. The fourth-order valence-electron chi connectivity index (χ4n) is 2.03. The van der Waals surface area contributed by atoms with Gasteiger partial charge in [0.15, 0.2) is 0 Å². The van der Waals surface area contributed by atoms with E-state index in [1.807, 2.05) is 0 Å². The Bertz CT molecular complexity index is 288. The normalized spacial score (nSPS) is 11.6. The SMILES string of the molecule is CCCCCCCCCCCC(O)C#CC(=O)OCC. The second kappa shape index (κ2) is 14.4. The minimum atomic E-state index is -0.705. The molecule has 0 saturated heterocycles. The molecule has 0 amide bonds. The van der Waals surface area contributed by atoms with Crippen LogP contribution in [0.25, 0.3) is 0 Å². The van der Waals surface area contributed by atoms with Gasteiger partial charge in [-0.1, -0.05) is 64.2 Å². The molecule has 0 aromatic rings. The molecule has 0 heterocycles. The first-order valence-corrected chi connectivity index (χ1v) is 8.07. The Balaban J connectivity index is 3.39. The fraction of sp³-hybridized carbons (Fsp3) is 0.824. The van der Waals surface area contributed by atoms with Crippen molar-refractivity contribution >= 4 is 5.97 Å². The summed E-state index contributed by atoms with van der Waals surface area (Å²) in [5.74, 6) is 4.27. The topological polar surface area (TPSA) is 46.5 Å². The van der Waals surface area contributed by atoms with E-state index >= 15 is 0 Å². The summed E-state index contributed by atoms with van der Waals surface area (Å²) in [4.78, 5) is 11.0. The quantitative estimate of drug-likeness (QED) is 0.271. The second-order valence-electron chi connectivity index (χ2n) is 5.12. The lowest BCUT2D eigenvalue weighted by Crippen LogP contribution is -2.05. The van der Waals surface area contributed by atoms with Crippen LogP contribution in [0, 0.1) is 11.8 Å². The molecule has 0 aromatic carbocycles. The highest BCUT2D eigenvalue weighted by Crippen LogP contribution is 2.11. The summed E-state index contributed by atoms with van der Waals surface area (Å²) in [7, 11) is 0. The van der Waals surface area contributed by atoms with Crippen LogP contribution >= 0.6 is 0 Å². The monoisotopic (exact) mass is 282 g/mol. The minimum Gasteiger partial charge on any atom is -0.456 e. The third kappa shape index (κ3) is 13.4. The zero-order valence-corrected chi connectivity index (χ0v) is 13.1. The molecule has 1 atom stereocenters. The zero-order valence-electron chi connectivity index (χ0n) is 13.1. The molecule has 116 valence electrons. The average Bonchev–Trinajstić information content (AvgIpc) is 2.43. The van der Waals surface area contributed by atoms with Crippen molar-refractivity contribution < 1.29 is 14.6 Å². The van der Waals surface area contributed by atoms with Crippen molar-refractivity contribution in [1.29, 1.82) is 0 Å². The number of hydrogen-bond acceptors (Lipinski definition) is 3. The lowest BCUT2D eigenvalue weighted by atomic mass is 10.1. The number of carbonyl (C=O) groups is 1. The van der Waals surface area contributed by atoms with Gasteiger partial charge >= 0.3 is 5.97 Å². The number of unbranched alkanes of at least 4 members (excludes halogenated alkanes) is 8. The molecular formula is C17H30O3. The van der Waals surface area contributed by atoms with E-state index < -0.39 is 12.1 Å². The standard InChI is InChI=1S/C17H30O3/c1-3-5-6-7-8-9-10-11-12-13-16(18)14-15-17(19)20-4-2/h16,18H,3-13H2,1-2H3.